The van der Waals surface area contributed by atoms with Crippen molar-refractivity contribution in [2.45, 2.75) is 24.7 Å². The maximum absolute atomic E-state index is 5.57. The molecule has 0 aliphatic heterocycles. The first-order valence-electron chi connectivity index (χ1n) is 2.47. The summed E-state index contributed by atoms with van der Waals surface area (Å²) in [4.78, 5) is 1.37. The zero-order chi connectivity index (χ0) is 4.83. The van der Waals surface area contributed by atoms with Crippen LogP contribution in [0.2, 0.25) is 4.98 Å². The molecule has 2 heteroatoms. The molecule has 0 rings (SSSR count). The van der Waals surface area contributed by atoms with Gasteiger partial charge in [0.25, 0.3) is 0 Å². The summed E-state index contributed by atoms with van der Waals surface area (Å²) in [5.74, 6) is 0. The molecule has 0 aromatic heterocycles. The molecule has 0 N–H and O–H groups in total. The molecule has 0 fully saturated rings. The summed E-state index contributed by atoms with van der Waals surface area (Å²) >= 11 is -0.458. The predicted octanol–water partition coefficient (Wildman–Crippen LogP) is 1.80. The monoisotopic (exact) mass is 162 g/mol. The molecule has 0 heterocycles. The first-order valence-corrected chi connectivity index (χ1v) is 8.47. The summed E-state index contributed by atoms with van der Waals surface area (Å²) in [6.45, 7) is 2.20. The number of hydrogen-bond donors (Lipinski definition) is 0. The second-order valence-electron chi connectivity index (χ2n) is 1.40. The van der Waals surface area contributed by atoms with Gasteiger partial charge in [-0.05, 0) is 0 Å². The van der Waals surface area contributed by atoms with Crippen molar-refractivity contribution in [2.75, 3.05) is 0 Å². The summed E-state index contributed by atoms with van der Waals surface area (Å²) in [6.07, 6.45) is 2.68. The summed E-state index contributed by atoms with van der Waals surface area (Å²) in [5.41, 5.74) is 0. The Morgan fingerprint density at radius 3 is 2.50 bits per heavy atom. The van der Waals surface area contributed by atoms with Crippen LogP contribution in [0.25, 0.3) is 0 Å². The fourth-order valence-electron chi connectivity index (χ4n) is 0.344. The van der Waals surface area contributed by atoms with Crippen molar-refractivity contribution in [1.82, 2.24) is 0 Å². The Bertz CT molecular complexity index is 19.5. The van der Waals surface area contributed by atoms with Crippen molar-refractivity contribution in [3.63, 3.8) is 0 Å². The summed E-state index contributed by atoms with van der Waals surface area (Å²) in [5, 5.41) is 0. The first-order chi connectivity index (χ1) is 2.91. The molecule has 0 radical (unpaired) electrons. The topological polar surface area (TPSA) is 0 Å². The molecular weight excluding hydrogens is 153 g/mol. The van der Waals surface area contributed by atoms with Gasteiger partial charge in [0.1, 0.15) is 0 Å². The summed E-state index contributed by atoms with van der Waals surface area (Å²) in [7, 11) is 5.57. The van der Waals surface area contributed by atoms with Crippen LogP contribution in [0.15, 0.2) is 0 Å². The Morgan fingerprint density at radius 1 is 1.67 bits per heavy atom. The third-order valence-electron chi connectivity index (χ3n) is 0.737. The van der Waals surface area contributed by atoms with Gasteiger partial charge in [0.2, 0.25) is 0 Å². The van der Waals surface area contributed by atoms with Gasteiger partial charge in [0, 0.05) is 0 Å². The molecule has 0 spiro atoms. The average molecular weight is 163 g/mol. The minimum atomic E-state index is -0.458. The van der Waals surface area contributed by atoms with Crippen molar-refractivity contribution in [1.29, 1.82) is 0 Å². The molecule has 0 aliphatic rings. The van der Waals surface area contributed by atoms with Crippen molar-refractivity contribution in [3.8, 4) is 0 Å². The van der Waals surface area contributed by atoms with Crippen molar-refractivity contribution >= 4 is 26.0 Å². The molecule has 0 saturated carbocycles. The Hall–Kier alpha value is 0.926. The van der Waals surface area contributed by atoms with Gasteiger partial charge in [0.05, 0.1) is 0 Å². The van der Waals surface area contributed by atoms with Crippen molar-refractivity contribution in [3.05, 3.63) is 0 Å². The number of rotatable bonds is 3. The van der Waals surface area contributed by atoms with Gasteiger partial charge in [-0.3, -0.25) is 0 Å². The van der Waals surface area contributed by atoms with Crippen molar-refractivity contribution < 1.29 is 0 Å². The van der Waals surface area contributed by atoms with E-state index in [0.717, 1.165) is 0 Å². The van der Waals surface area contributed by atoms with E-state index in [2.05, 4.69) is 6.92 Å². The van der Waals surface area contributed by atoms with E-state index in [1.807, 2.05) is 0 Å². The standard InChI is InChI=1S/C4H9.ClH.Ga.H/c1-3-4-2;;;/h1,3-4H2,2H3;1H;;/q;;+1;/p-1. The van der Waals surface area contributed by atoms with Crippen LogP contribution in [0, 0.1) is 0 Å². The zero-order valence-corrected chi connectivity index (χ0v) is 7.93. The van der Waals surface area contributed by atoms with Gasteiger partial charge in [-0.15, -0.1) is 0 Å². The SMILES string of the molecule is CCC[CH2][GaH][Cl]. The van der Waals surface area contributed by atoms with Gasteiger partial charge < -0.3 is 0 Å². The van der Waals surface area contributed by atoms with E-state index in [0.29, 0.717) is 0 Å². The zero-order valence-electron chi connectivity index (χ0n) is 4.21. The molecule has 0 atom stereocenters. The summed E-state index contributed by atoms with van der Waals surface area (Å²) < 4.78 is 0. The second kappa shape index (κ2) is 5.93. The molecule has 0 aromatic carbocycles. The van der Waals surface area contributed by atoms with Crippen LogP contribution >= 0.6 is 9.64 Å². The molecule has 0 nitrogen and oxygen atoms in total. The van der Waals surface area contributed by atoms with E-state index in [4.69, 9.17) is 9.64 Å². The molecule has 0 aromatic rings. The number of hydrogen-bond acceptors (Lipinski definition) is 0. The maximum atomic E-state index is 5.57. The number of halogens is 1. The van der Waals surface area contributed by atoms with E-state index in [1.54, 1.807) is 0 Å². The van der Waals surface area contributed by atoms with E-state index in [1.165, 1.54) is 17.8 Å². The Balaban J connectivity index is 2.34. The summed E-state index contributed by atoms with van der Waals surface area (Å²) in [6, 6.07) is 0. The van der Waals surface area contributed by atoms with Gasteiger partial charge in [-0.2, -0.15) is 0 Å². The van der Waals surface area contributed by atoms with Crippen LogP contribution < -0.4 is 0 Å². The third-order valence-corrected chi connectivity index (χ3v) is 3.74. The normalized spacial score (nSPS) is 8.33. The van der Waals surface area contributed by atoms with Crippen LogP contribution in [0.5, 0.6) is 0 Å². The fourth-order valence-corrected chi connectivity index (χ4v) is 2.77. The molecule has 0 aliphatic carbocycles. The predicted molar refractivity (Wildman–Crippen MR) is 32.7 cm³/mol. The fraction of sp³-hybridized carbons (Fsp3) is 1.00. The van der Waals surface area contributed by atoms with Gasteiger partial charge in [0.15, 0.2) is 0 Å². The first kappa shape index (κ1) is 6.93. The van der Waals surface area contributed by atoms with E-state index in [9.17, 15) is 0 Å². The Kier molecular flexibility index (Phi) is 6.84. The van der Waals surface area contributed by atoms with Crippen LogP contribution in [-0.2, 0) is 0 Å². The molecule has 0 amide bonds. The van der Waals surface area contributed by atoms with Crippen LogP contribution in [0.1, 0.15) is 19.8 Å². The second-order valence-corrected chi connectivity index (χ2v) is 5.64. The Labute approximate surface area is 51.1 Å². The van der Waals surface area contributed by atoms with E-state index in [-0.39, 0.29) is 0 Å². The van der Waals surface area contributed by atoms with Gasteiger partial charge in [-0.25, -0.2) is 0 Å². The molecule has 0 unspecified atom stereocenters. The van der Waals surface area contributed by atoms with Gasteiger partial charge >= 0.3 is 50.8 Å². The average Bonchev–Trinajstić information content (AvgIpc) is 1.61. The van der Waals surface area contributed by atoms with Gasteiger partial charge in [-0.1, -0.05) is 0 Å². The third kappa shape index (κ3) is 4.93. The minimum absolute atomic E-state index is 0.458. The molecule has 6 heavy (non-hydrogen) atoms. The molecular formula is C4H10ClGa. The molecule has 0 bridgehead atoms. The van der Waals surface area contributed by atoms with Crippen LogP contribution in [0.3, 0.4) is 0 Å². The van der Waals surface area contributed by atoms with Crippen molar-refractivity contribution in [2.24, 2.45) is 0 Å². The van der Waals surface area contributed by atoms with E-state index >= 15 is 0 Å². The molecule has 36 valence electrons. The van der Waals surface area contributed by atoms with Crippen LogP contribution in [-0.4, -0.2) is 16.4 Å². The van der Waals surface area contributed by atoms with E-state index < -0.39 is 16.4 Å². The number of unbranched alkanes of at least 4 members (excludes halogenated alkanes) is 1. The quantitative estimate of drug-likeness (QED) is 0.439. The van der Waals surface area contributed by atoms with Crippen LogP contribution in [0.4, 0.5) is 0 Å². The Morgan fingerprint density at radius 2 is 2.33 bits per heavy atom. The molecule has 0 saturated heterocycles.